The Kier molecular flexibility index (Phi) is 4.73. The molecule has 2 unspecified atom stereocenters. The van der Waals surface area contributed by atoms with Crippen LogP contribution in [0.2, 0.25) is 0 Å². The van der Waals surface area contributed by atoms with E-state index in [4.69, 9.17) is 18.0 Å². The number of nitrogens with two attached hydrogens (primary N) is 1. The van der Waals surface area contributed by atoms with Gasteiger partial charge in [-0.25, -0.2) is 0 Å². The highest BCUT2D eigenvalue weighted by atomic mass is 32.1. The molecule has 1 aromatic rings. The van der Waals surface area contributed by atoms with Crippen molar-refractivity contribution >= 4 is 23.1 Å². The minimum Gasteiger partial charge on any atom is -0.389 e. The van der Waals surface area contributed by atoms with Gasteiger partial charge in [-0.2, -0.15) is 0 Å². The van der Waals surface area contributed by atoms with Crippen LogP contribution in [-0.4, -0.2) is 42.0 Å². The summed E-state index contributed by atoms with van der Waals surface area (Å²) in [5, 5.41) is 3.12. The molecule has 0 aliphatic carbocycles. The third kappa shape index (κ3) is 3.55. The van der Waals surface area contributed by atoms with Gasteiger partial charge in [-0.3, -0.25) is 4.79 Å². The first kappa shape index (κ1) is 14.9. The Bertz CT molecular complexity index is 500. The molecule has 0 spiro atoms. The van der Waals surface area contributed by atoms with Gasteiger partial charge in [0.1, 0.15) is 4.99 Å². The highest BCUT2D eigenvalue weighted by molar-refractivity contribution is 7.80. The molecule has 1 amide bonds. The minimum absolute atomic E-state index is 0.0270. The van der Waals surface area contributed by atoms with Crippen LogP contribution in [0.5, 0.6) is 0 Å². The highest BCUT2D eigenvalue weighted by Gasteiger charge is 2.25. The average molecular weight is 291 g/mol. The number of hydrogen-bond donors (Lipinski definition) is 2. The van der Waals surface area contributed by atoms with Crippen LogP contribution in [0.1, 0.15) is 29.3 Å². The lowest BCUT2D eigenvalue weighted by atomic mass is 9.94. The largest absolute Gasteiger partial charge is 0.389 e. The zero-order valence-electron chi connectivity index (χ0n) is 11.9. The van der Waals surface area contributed by atoms with Crippen LogP contribution in [0.15, 0.2) is 24.3 Å². The molecule has 1 fully saturated rings. The smallest absolute Gasteiger partial charge is 0.251 e. The van der Waals surface area contributed by atoms with E-state index < -0.39 is 0 Å². The van der Waals surface area contributed by atoms with Crippen molar-refractivity contribution in [3.05, 3.63) is 35.4 Å². The first-order valence-corrected chi connectivity index (χ1v) is 7.27. The molecule has 0 bridgehead atoms. The van der Waals surface area contributed by atoms with E-state index in [9.17, 15) is 4.79 Å². The number of hydrogen-bond acceptors (Lipinski definition) is 3. The van der Waals surface area contributed by atoms with E-state index in [1.807, 2.05) is 0 Å². The predicted octanol–water partition coefficient (Wildman–Crippen LogP) is 1.39. The molecule has 1 aliphatic rings. The van der Waals surface area contributed by atoms with Crippen molar-refractivity contribution in [1.29, 1.82) is 0 Å². The van der Waals surface area contributed by atoms with Gasteiger partial charge in [0.05, 0.1) is 0 Å². The Hall–Kier alpha value is -1.46. The molecule has 1 aliphatic heterocycles. The summed E-state index contributed by atoms with van der Waals surface area (Å²) in [5.41, 5.74) is 6.98. The van der Waals surface area contributed by atoms with Crippen molar-refractivity contribution in [2.45, 2.75) is 19.4 Å². The molecule has 5 heteroatoms. The number of carbonyl (C=O) groups is 1. The lowest BCUT2D eigenvalue weighted by Gasteiger charge is -2.35. The second kappa shape index (κ2) is 6.33. The van der Waals surface area contributed by atoms with E-state index in [1.54, 1.807) is 24.3 Å². The summed E-state index contributed by atoms with van der Waals surface area (Å²) in [5.74, 6) is 0.439. The number of piperidine rings is 1. The summed E-state index contributed by atoms with van der Waals surface area (Å²) in [6.07, 6.45) is 0.994. The normalized spacial score (nSPS) is 23.3. The van der Waals surface area contributed by atoms with Crippen molar-refractivity contribution < 1.29 is 4.79 Å². The van der Waals surface area contributed by atoms with Crippen molar-refractivity contribution in [3.63, 3.8) is 0 Å². The van der Waals surface area contributed by atoms with E-state index in [0.717, 1.165) is 25.1 Å². The van der Waals surface area contributed by atoms with Crippen molar-refractivity contribution in [1.82, 2.24) is 10.2 Å². The van der Waals surface area contributed by atoms with E-state index in [-0.39, 0.29) is 11.9 Å². The Morgan fingerprint density at radius 1 is 1.35 bits per heavy atom. The highest BCUT2D eigenvalue weighted by Crippen LogP contribution is 2.16. The molecule has 4 nitrogen and oxygen atoms in total. The van der Waals surface area contributed by atoms with Crippen molar-refractivity contribution in [3.8, 4) is 0 Å². The van der Waals surface area contributed by atoms with Gasteiger partial charge in [0.2, 0.25) is 0 Å². The summed E-state index contributed by atoms with van der Waals surface area (Å²) in [4.78, 5) is 14.9. The van der Waals surface area contributed by atoms with Crippen LogP contribution >= 0.6 is 12.2 Å². The summed E-state index contributed by atoms with van der Waals surface area (Å²) in [6.45, 7) is 4.22. The van der Waals surface area contributed by atoms with E-state index >= 15 is 0 Å². The van der Waals surface area contributed by atoms with Gasteiger partial charge in [0.15, 0.2) is 0 Å². The fraction of sp³-hybridized carbons (Fsp3) is 0.467. The van der Waals surface area contributed by atoms with Crippen LogP contribution in [0.3, 0.4) is 0 Å². The fourth-order valence-corrected chi connectivity index (χ4v) is 2.74. The van der Waals surface area contributed by atoms with Crippen LogP contribution in [-0.2, 0) is 0 Å². The second-order valence-electron chi connectivity index (χ2n) is 5.55. The Labute approximate surface area is 125 Å². The van der Waals surface area contributed by atoms with Gasteiger partial charge >= 0.3 is 0 Å². The number of carbonyl (C=O) groups excluding carboxylic acids is 1. The van der Waals surface area contributed by atoms with Gasteiger partial charge in [0.25, 0.3) is 5.91 Å². The number of benzene rings is 1. The number of likely N-dealkylation sites (tertiary alicyclic amines) is 1. The Morgan fingerprint density at radius 3 is 2.50 bits per heavy atom. The topological polar surface area (TPSA) is 58.4 Å². The quantitative estimate of drug-likeness (QED) is 0.826. The molecule has 1 saturated heterocycles. The zero-order chi connectivity index (χ0) is 14.7. The van der Waals surface area contributed by atoms with Crippen LogP contribution in [0.4, 0.5) is 0 Å². The average Bonchev–Trinajstić information content (AvgIpc) is 2.42. The first-order valence-electron chi connectivity index (χ1n) is 6.86. The number of thiocarbonyl (C=S) groups is 1. The first-order chi connectivity index (χ1) is 9.47. The molecule has 108 valence electrons. The Morgan fingerprint density at radius 2 is 1.95 bits per heavy atom. The van der Waals surface area contributed by atoms with Gasteiger partial charge in [-0.1, -0.05) is 31.3 Å². The molecule has 1 aromatic carbocycles. The predicted molar refractivity (Wildman–Crippen MR) is 84.9 cm³/mol. The number of nitrogens with one attached hydrogen (secondary N) is 1. The molecular formula is C15H21N3OS. The standard InChI is InChI=1S/C15H21N3OS/c1-10-9-18(2)8-7-13(10)17-15(19)12-5-3-11(4-6-12)14(16)20/h3-6,10,13H,7-9H2,1-2H3,(H2,16,20)(H,17,19). The zero-order valence-corrected chi connectivity index (χ0v) is 12.7. The third-order valence-corrected chi connectivity index (χ3v) is 4.09. The molecular weight excluding hydrogens is 270 g/mol. The molecule has 3 N–H and O–H groups in total. The summed E-state index contributed by atoms with van der Waals surface area (Å²) in [6, 6.07) is 7.35. The summed E-state index contributed by atoms with van der Waals surface area (Å²) >= 11 is 4.90. The van der Waals surface area contributed by atoms with Crippen LogP contribution in [0.25, 0.3) is 0 Å². The molecule has 0 saturated carbocycles. The maximum absolute atomic E-state index is 12.2. The van der Waals surface area contributed by atoms with Crippen LogP contribution < -0.4 is 11.1 Å². The Balaban J connectivity index is 1.99. The van der Waals surface area contributed by atoms with Gasteiger partial charge in [0, 0.05) is 23.7 Å². The van der Waals surface area contributed by atoms with E-state index in [1.165, 1.54) is 0 Å². The van der Waals surface area contributed by atoms with Crippen molar-refractivity contribution in [2.75, 3.05) is 20.1 Å². The monoisotopic (exact) mass is 291 g/mol. The van der Waals surface area contributed by atoms with Gasteiger partial charge in [-0.05, 0) is 38.1 Å². The van der Waals surface area contributed by atoms with E-state index in [0.29, 0.717) is 16.5 Å². The summed E-state index contributed by atoms with van der Waals surface area (Å²) in [7, 11) is 2.11. The van der Waals surface area contributed by atoms with Gasteiger partial charge in [-0.15, -0.1) is 0 Å². The third-order valence-electron chi connectivity index (χ3n) is 3.86. The SMILES string of the molecule is CC1CN(C)CCC1NC(=O)c1ccc(C(N)=S)cc1. The molecule has 0 radical (unpaired) electrons. The number of rotatable bonds is 3. The molecule has 2 atom stereocenters. The number of amides is 1. The minimum atomic E-state index is -0.0270. The number of nitrogens with zero attached hydrogens (tertiary/aromatic N) is 1. The molecule has 0 aromatic heterocycles. The molecule has 1 heterocycles. The maximum atomic E-state index is 12.2. The molecule has 20 heavy (non-hydrogen) atoms. The second-order valence-corrected chi connectivity index (χ2v) is 5.99. The maximum Gasteiger partial charge on any atom is 0.251 e. The fourth-order valence-electron chi connectivity index (χ4n) is 2.61. The van der Waals surface area contributed by atoms with Crippen LogP contribution in [0, 0.1) is 5.92 Å². The van der Waals surface area contributed by atoms with Gasteiger partial charge < -0.3 is 16.0 Å². The summed E-state index contributed by atoms with van der Waals surface area (Å²) < 4.78 is 0. The van der Waals surface area contributed by atoms with Crippen molar-refractivity contribution in [2.24, 2.45) is 11.7 Å². The lowest BCUT2D eigenvalue weighted by Crippen LogP contribution is -2.48. The van der Waals surface area contributed by atoms with E-state index in [2.05, 4.69) is 24.2 Å². The lowest BCUT2D eigenvalue weighted by molar-refractivity contribution is 0.0884. The molecule has 2 rings (SSSR count).